The Labute approximate surface area is 704 Å². The number of nitrogens with one attached hydrogen (secondary N) is 16. The van der Waals surface area contributed by atoms with Crippen LogP contribution in [0, 0.1) is 11.3 Å². The molecule has 4 heterocycles. The first-order chi connectivity index (χ1) is 58.9. The van der Waals surface area contributed by atoms with E-state index in [-0.39, 0.29) is 109 Å². The Kier molecular flexibility index (Phi) is 31.5. The van der Waals surface area contributed by atoms with Crippen LogP contribution in [0.25, 0.3) is 54.7 Å². The van der Waals surface area contributed by atoms with Crippen LogP contribution in [-0.4, -0.2) is 195 Å². The molecule has 33 nitrogen and oxygen atoms in total. The second-order valence-corrected chi connectivity index (χ2v) is 30.9. The van der Waals surface area contributed by atoms with Gasteiger partial charge in [-0.2, -0.15) is 0 Å². The average molecular weight is 1670 g/mol. The molecule has 0 aliphatic heterocycles. The summed E-state index contributed by atoms with van der Waals surface area (Å²) in [5.41, 5.74) is 27.0. The number of amides is 10. The van der Waals surface area contributed by atoms with E-state index in [4.69, 9.17) is 27.3 Å². The lowest BCUT2D eigenvalue weighted by Gasteiger charge is -2.30. The number of aliphatic hydroxyl groups is 1. The molecule has 11 atom stereocenters. The maximum absolute atomic E-state index is 15.4. The number of aromatic amines is 4. The quantitative estimate of drug-likeness (QED) is 0.0138. The molecule has 0 saturated carbocycles. The Bertz CT molecular complexity index is 5320. The molecule has 0 unspecified atom stereocenters. The summed E-state index contributed by atoms with van der Waals surface area (Å²) in [4.78, 5) is 173. The summed E-state index contributed by atoms with van der Waals surface area (Å²) in [6, 6.07) is 31.4. The number of rotatable bonds is 45. The van der Waals surface area contributed by atoms with Crippen molar-refractivity contribution in [1.82, 2.24) is 78.4 Å². The van der Waals surface area contributed by atoms with Gasteiger partial charge in [0.25, 0.3) is 0 Å². The number of guanidine groups is 1. The van der Waals surface area contributed by atoms with E-state index in [2.05, 4.69) is 78.4 Å². The average Bonchev–Trinajstić information content (AvgIpc) is 1.61. The van der Waals surface area contributed by atoms with Crippen LogP contribution in [0.4, 0.5) is 4.79 Å². The number of carboxylic acid groups (broad SMARTS) is 1. The number of aromatic nitrogens is 4. The smallest absolute Gasteiger partial charge is 0.407 e. The van der Waals surface area contributed by atoms with Crippen LogP contribution in [0.1, 0.15) is 118 Å². The Morgan fingerprint density at radius 3 is 1.19 bits per heavy atom. The highest BCUT2D eigenvalue weighted by Gasteiger charge is 2.39. The highest BCUT2D eigenvalue weighted by Crippen LogP contribution is 2.44. The minimum Gasteiger partial charge on any atom is -0.480 e. The molecule has 1 aliphatic carbocycles. The molecule has 6 aromatic carbocycles. The van der Waals surface area contributed by atoms with Crippen molar-refractivity contribution < 1.29 is 67.7 Å². The molecule has 644 valence electrons. The zero-order valence-corrected chi connectivity index (χ0v) is 68.3. The van der Waals surface area contributed by atoms with Gasteiger partial charge in [-0.05, 0) is 146 Å². The Morgan fingerprint density at radius 1 is 0.426 bits per heavy atom. The van der Waals surface area contributed by atoms with E-state index in [1.165, 1.54) is 6.92 Å². The molecule has 10 aromatic rings. The predicted molar refractivity (Wildman–Crippen MR) is 462 cm³/mol. The molecule has 33 heteroatoms. The lowest BCUT2D eigenvalue weighted by Crippen LogP contribution is -2.62. The van der Waals surface area contributed by atoms with Gasteiger partial charge >= 0.3 is 12.1 Å². The van der Waals surface area contributed by atoms with Crippen LogP contribution in [0.5, 0.6) is 0 Å². The van der Waals surface area contributed by atoms with Crippen molar-refractivity contribution >= 4 is 115 Å². The monoisotopic (exact) mass is 1670 g/mol. The third-order valence-electron chi connectivity index (χ3n) is 22.3. The summed E-state index contributed by atoms with van der Waals surface area (Å²) in [6.07, 6.45) is 5.05. The largest absolute Gasteiger partial charge is 0.480 e. The molecular formula is C89H109N19O14. The van der Waals surface area contributed by atoms with Gasteiger partial charge in [-0.15, -0.1) is 0 Å². The molecule has 4 aromatic heterocycles. The van der Waals surface area contributed by atoms with Gasteiger partial charge in [0.05, 0.1) is 6.10 Å². The topological polar surface area (TPSA) is 535 Å². The minimum atomic E-state index is -1.79. The lowest BCUT2D eigenvalue weighted by atomic mass is 9.96. The summed E-state index contributed by atoms with van der Waals surface area (Å²) in [7, 11) is 0. The van der Waals surface area contributed by atoms with Gasteiger partial charge in [0.2, 0.25) is 53.2 Å². The third kappa shape index (κ3) is 23.4. The molecule has 122 heavy (non-hydrogen) atoms. The van der Waals surface area contributed by atoms with Gasteiger partial charge in [-0.3, -0.25) is 48.6 Å². The number of aliphatic carboxylic acids is 1. The number of carbonyl (C=O) groups is 11. The number of hydrogen-bond donors (Lipinski definition) is 21. The normalized spacial score (nSPS) is 14.5. The van der Waals surface area contributed by atoms with E-state index in [1.807, 2.05) is 121 Å². The molecule has 10 amide bonds. The number of ether oxygens (including phenoxy) is 1. The predicted octanol–water partition coefficient (Wildman–Crippen LogP) is 4.82. The standard InChI is InChI=1S/C89H109N19O14/c1-4-50(2)77(85(117)103-70(35-18-20-38-91)81(113)108-78(51(3)109)86(118)105-74(42-54-46-97-67-32-15-11-24-58(54)67)84(116)106-75(87(119)120)43-55-47-98-68-33-16-12-25-59(55)68)107-80(112)71(36-21-39-94-88(92)93)101-79(111)69(34-17-19-37-90)102-83(115)73(41-53-45-96-66-31-14-10-23-57(53)66)104-82(114)72(40-52-44-95-65-30-13-9-22-56(52)65)100-76(110)48-99-89(121)122-49-64-62-28-7-5-26-60(62)61-27-6-8-29-63(61)64/h5-16,22-33,44-47,50-51,64,69-75,77-78,95-98,109H,4,17-21,34-43,48-49,90-91H2,1-3H3,(H,99,121)(H,100,110)(H,101,111)(H,102,115)(H,103,117)(H,104,114)(H,105,118)(H,106,116)(H,107,112)(H,108,113)(H,119,120)(H4,92,93,94)/t50-,51+,69-,70-,71-,72-,73-,74-,75-,77-,78-/m0/s1. The second-order valence-electron chi connectivity index (χ2n) is 30.9. The van der Waals surface area contributed by atoms with Crippen molar-refractivity contribution in [3.8, 4) is 11.1 Å². The number of hydrogen-bond acceptors (Lipinski definition) is 16. The number of fused-ring (bicyclic) bond motifs is 7. The van der Waals surface area contributed by atoms with E-state index < -0.39 is 138 Å². The fraction of sp³-hybridized carbons (Fsp3) is 0.371. The number of alkyl carbamates (subject to hydrolysis) is 1. The van der Waals surface area contributed by atoms with Crippen molar-refractivity contribution in [3.05, 3.63) is 204 Å². The van der Waals surface area contributed by atoms with Crippen molar-refractivity contribution in [2.24, 2.45) is 23.1 Å². The number of benzene rings is 6. The fourth-order valence-electron chi connectivity index (χ4n) is 15.5. The summed E-state index contributed by atoms with van der Waals surface area (Å²) in [5, 5.41) is 62.5. The lowest BCUT2D eigenvalue weighted by molar-refractivity contribution is -0.142. The molecule has 1 aliphatic rings. The van der Waals surface area contributed by atoms with Gasteiger partial charge in [0.15, 0.2) is 5.96 Å². The number of unbranched alkanes of at least 4 members (excludes halogenated alkanes) is 2. The molecule has 24 N–H and O–H groups in total. The van der Waals surface area contributed by atoms with Gasteiger partial charge in [-0.25, -0.2) is 9.59 Å². The number of nitrogens with two attached hydrogens (primary N) is 3. The highest BCUT2D eigenvalue weighted by molar-refractivity contribution is 6.00. The number of carboxylic acids is 1. The van der Waals surface area contributed by atoms with Gasteiger partial charge in [-0.1, -0.05) is 142 Å². The maximum Gasteiger partial charge on any atom is 0.407 e. The number of para-hydroxylation sites is 4. The number of aliphatic hydroxyl groups excluding tert-OH is 1. The van der Waals surface area contributed by atoms with E-state index in [9.17, 15) is 39.0 Å². The molecule has 0 bridgehead atoms. The molecule has 0 saturated heterocycles. The first-order valence-corrected chi connectivity index (χ1v) is 41.3. The summed E-state index contributed by atoms with van der Waals surface area (Å²) in [6.45, 7) is 4.48. The van der Waals surface area contributed by atoms with Crippen LogP contribution in [0.2, 0.25) is 0 Å². The van der Waals surface area contributed by atoms with Crippen LogP contribution in [0.15, 0.2) is 170 Å². The Morgan fingerprint density at radius 2 is 0.770 bits per heavy atom. The first kappa shape index (κ1) is 89.4. The Hall–Kier alpha value is -13.4. The van der Waals surface area contributed by atoms with Crippen LogP contribution in [-0.2, 0) is 78.4 Å². The maximum atomic E-state index is 15.4. The second kappa shape index (κ2) is 43.0. The fourth-order valence-corrected chi connectivity index (χ4v) is 15.5. The van der Waals surface area contributed by atoms with E-state index >= 15 is 24.0 Å². The number of carbonyl (C=O) groups excluding carboxylic acids is 10. The van der Waals surface area contributed by atoms with Crippen LogP contribution < -0.4 is 75.7 Å². The van der Waals surface area contributed by atoms with Gasteiger partial charge in [0.1, 0.15) is 67.5 Å². The summed E-state index contributed by atoms with van der Waals surface area (Å²) >= 11 is 0. The molecule has 0 fully saturated rings. The van der Waals surface area contributed by atoms with Crippen LogP contribution in [0.3, 0.4) is 0 Å². The van der Waals surface area contributed by atoms with Gasteiger partial charge in [0, 0.05) is 107 Å². The first-order valence-electron chi connectivity index (χ1n) is 41.3. The van der Waals surface area contributed by atoms with E-state index in [0.29, 0.717) is 51.4 Å². The number of H-pyrrole nitrogens is 4. The summed E-state index contributed by atoms with van der Waals surface area (Å²) in [5.74, 6) is -10.5. The van der Waals surface area contributed by atoms with Crippen molar-refractivity contribution in [3.63, 3.8) is 0 Å². The molecule has 0 radical (unpaired) electrons. The van der Waals surface area contributed by atoms with Crippen molar-refractivity contribution in [1.29, 1.82) is 5.41 Å². The van der Waals surface area contributed by atoms with Gasteiger partial charge < -0.3 is 111 Å². The van der Waals surface area contributed by atoms with E-state index in [0.717, 1.165) is 49.6 Å². The van der Waals surface area contributed by atoms with E-state index in [1.54, 1.807) is 62.9 Å². The van der Waals surface area contributed by atoms with Crippen molar-refractivity contribution in [2.75, 3.05) is 32.8 Å². The minimum absolute atomic E-state index is 0.0250. The molecular weight excluding hydrogens is 1560 g/mol. The molecule has 0 spiro atoms. The van der Waals surface area contributed by atoms with Crippen molar-refractivity contribution in [2.45, 2.75) is 171 Å². The zero-order valence-electron chi connectivity index (χ0n) is 68.3. The van der Waals surface area contributed by atoms with Crippen LogP contribution >= 0.6 is 0 Å². The zero-order chi connectivity index (χ0) is 86.9. The summed E-state index contributed by atoms with van der Waals surface area (Å²) < 4.78 is 5.72. The Balaban J connectivity index is 0.798. The highest BCUT2D eigenvalue weighted by atomic mass is 16.5. The SMILES string of the molecule is CC[C@H](C)[C@H](NC(=O)[C@H](CCCNC(=N)N)NC(=O)[C@H](CCCCN)NC(=O)[C@H](Cc1c[nH]c2ccccc12)NC(=O)[C@H](Cc1c[nH]c2ccccc12)NC(=O)CNC(=O)OCC1c2ccccc2-c2ccccc21)C(=O)N[C@@H](CCCCN)C(=O)N[C@H](C(=O)N[C@@H](Cc1c[nH]c2ccccc12)C(=O)N[C@@H](Cc1c[nH]c2ccccc12)C(=O)O)[C@@H](C)O. The third-order valence-corrected chi connectivity index (χ3v) is 22.3. The molecule has 11 rings (SSSR count).